The van der Waals surface area contributed by atoms with Gasteiger partial charge in [-0.25, -0.2) is 9.37 Å². The van der Waals surface area contributed by atoms with Crippen molar-refractivity contribution in [3.63, 3.8) is 0 Å². The van der Waals surface area contributed by atoms with E-state index in [-0.39, 0.29) is 70.5 Å². The molecule has 3 fully saturated rings. The molecule has 4 aliphatic rings. The number of phenolic OH excluding ortho intramolecular Hbond substituents is 1. The van der Waals surface area contributed by atoms with Crippen molar-refractivity contribution in [3.05, 3.63) is 47.3 Å². The van der Waals surface area contributed by atoms with Gasteiger partial charge in [-0.15, -0.1) is 0 Å². The first-order valence-corrected chi connectivity index (χ1v) is 12.2. The molecule has 1 aromatic carbocycles. The van der Waals surface area contributed by atoms with E-state index in [0.717, 1.165) is 6.42 Å². The van der Waals surface area contributed by atoms with Gasteiger partial charge in [-0.05, 0) is 24.6 Å². The lowest BCUT2D eigenvalue weighted by Crippen LogP contribution is -2.57. The van der Waals surface area contributed by atoms with E-state index in [9.17, 15) is 19.1 Å². The number of halogens is 2. The van der Waals surface area contributed by atoms with Gasteiger partial charge < -0.3 is 29.3 Å². The summed E-state index contributed by atoms with van der Waals surface area (Å²) in [4.78, 5) is 36.2. The second-order valence-electron chi connectivity index (χ2n) is 9.39. The lowest BCUT2D eigenvalue weighted by Gasteiger charge is -2.39. The minimum absolute atomic E-state index is 0.000780. The Bertz CT molecular complexity index is 1270. The molecule has 0 radical (unpaired) electrons. The number of aromatic nitrogens is 1. The van der Waals surface area contributed by atoms with Gasteiger partial charge in [-0.2, -0.15) is 0 Å². The Morgan fingerprint density at radius 2 is 2.03 bits per heavy atom. The Morgan fingerprint density at radius 1 is 1.19 bits per heavy atom. The normalized spacial score (nSPS) is 24.8. The summed E-state index contributed by atoms with van der Waals surface area (Å²) in [5.41, 5.74) is 0.0481. The summed E-state index contributed by atoms with van der Waals surface area (Å²) in [5.74, 6) is -1.11. The van der Waals surface area contributed by atoms with Gasteiger partial charge in [0.15, 0.2) is 5.75 Å². The Morgan fingerprint density at radius 3 is 2.72 bits per heavy atom. The average molecular weight is 515 g/mol. The molecule has 1 N–H and O–H groups in total. The van der Waals surface area contributed by atoms with Gasteiger partial charge in [0.25, 0.3) is 5.91 Å². The van der Waals surface area contributed by atoms with Gasteiger partial charge in [0, 0.05) is 26.2 Å². The number of hydrogen-bond donors (Lipinski definition) is 1. The van der Waals surface area contributed by atoms with Crippen LogP contribution in [-0.2, 0) is 9.53 Å². The highest BCUT2D eigenvalue weighted by Crippen LogP contribution is 2.47. The molecule has 0 spiro atoms. The minimum atomic E-state index is -0.697. The molecule has 3 atom stereocenters. The third kappa shape index (κ3) is 3.50. The number of fused-ring (bicyclic) bond motifs is 4. The van der Waals surface area contributed by atoms with Crippen molar-refractivity contribution in [2.24, 2.45) is 0 Å². The molecule has 188 valence electrons. The van der Waals surface area contributed by atoms with Crippen molar-refractivity contribution >= 4 is 29.2 Å². The van der Waals surface area contributed by atoms with E-state index in [1.54, 1.807) is 9.80 Å². The van der Waals surface area contributed by atoms with E-state index in [4.69, 9.17) is 26.1 Å². The maximum atomic E-state index is 14.9. The third-order valence-electron chi connectivity index (χ3n) is 7.34. The SMILES string of the molecule is C=CC(=O)N1CCN2C(=O)c3c(N4CC5C[C@H]4CO5)nc(-c4c(O)cccc4F)c(Cl)c3OC[C@H]2C1. The summed E-state index contributed by atoms with van der Waals surface area (Å²) in [6.45, 7) is 5.61. The molecule has 9 nitrogen and oxygen atoms in total. The zero-order valence-corrected chi connectivity index (χ0v) is 20.1. The Hall–Kier alpha value is -3.37. The summed E-state index contributed by atoms with van der Waals surface area (Å²) >= 11 is 6.74. The molecule has 36 heavy (non-hydrogen) atoms. The van der Waals surface area contributed by atoms with Gasteiger partial charge in [-0.1, -0.05) is 24.2 Å². The van der Waals surface area contributed by atoms with Crippen molar-refractivity contribution in [2.75, 3.05) is 44.3 Å². The second kappa shape index (κ2) is 8.63. The number of piperazine rings is 1. The molecule has 2 amide bonds. The van der Waals surface area contributed by atoms with Crippen LogP contribution in [0.5, 0.6) is 11.5 Å². The molecule has 5 heterocycles. The van der Waals surface area contributed by atoms with Gasteiger partial charge in [0.05, 0.1) is 30.4 Å². The van der Waals surface area contributed by atoms with E-state index in [1.807, 2.05) is 4.90 Å². The van der Waals surface area contributed by atoms with Gasteiger partial charge in [0.2, 0.25) is 5.91 Å². The van der Waals surface area contributed by atoms with Crippen LogP contribution in [0.3, 0.4) is 0 Å². The van der Waals surface area contributed by atoms with E-state index < -0.39 is 11.9 Å². The second-order valence-corrected chi connectivity index (χ2v) is 9.76. The lowest BCUT2D eigenvalue weighted by atomic mass is 10.0. The topological polar surface area (TPSA) is 95.4 Å². The van der Waals surface area contributed by atoms with Crippen molar-refractivity contribution in [3.8, 4) is 22.8 Å². The van der Waals surface area contributed by atoms with Crippen molar-refractivity contribution in [1.82, 2.24) is 14.8 Å². The number of carbonyl (C=O) groups excluding carboxylic acids is 2. The highest BCUT2D eigenvalue weighted by atomic mass is 35.5. The molecule has 0 saturated carbocycles. The molecular weight excluding hydrogens is 491 g/mol. The van der Waals surface area contributed by atoms with Crippen LogP contribution >= 0.6 is 11.6 Å². The Balaban J connectivity index is 1.50. The summed E-state index contributed by atoms with van der Waals surface area (Å²) < 4.78 is 26.8. The largest absolute Gasteiger partial charge is 0.507 e. The van der Waals surface area contributed by atoms with E-state index in [2.05, 4.69) is 6.58 Å². The number of anilines is 1. The first kappa shape index (κ1) is 23.1. The maximum Gasteiger partial charge on any atom is 0.261 e. The number of amides is 2. The smallest absolute Gasteiger partial charge is 0.261 e. The predicted octanol–water partition coefficient (Wildman–Crippen LogP) is 2.46. The van der Waals surface area contributed by atoms with E-state index in [1.165, 1.54) is 24.3 Å². The number of hydrogen-bond acceptors (Lipinski definition) is 7. The number of rotatable bonds is 3. The molecule has 1 unspecified atom stereocenters. The number of pyridine rings is 1. The highest BCUT2D eigenvalue weighted by Gasteiger charge is 2.45. The molecule has 6 rings (SSSR count). The molecule has 0 aliphatic carbocycles. The summed E-state index contributed by atoms with van der Waals surface area (Å²) in [7, 11) is 0. The number of aromatic hydroxyl groups is 1. The number of carbonyl (C=O) groups is 2. The Labute approximate surface area is 211 Å². The summed E-state index contributed by atoms with van der Waals surface area (Å²) in [6.07, 6.45) is 2.05. The molecular formula is C25H24ClFN4O5. The average Bonchev–Trinajstić information content (AvgIpc) is 3.48. The summed E-state index contributed by atoms with van der Waals surface area (Å²) in [5, 5.41) is 10.4. The van der Waals surface area contributed by atoms with Crippen LogP contribution < -0.4 is 9.64 Å². The fourth-order valence-corrected chi connectivity index (χ4v) is 5.84. The van der Waals surface area contributed by atoms with Crippen molar-refractivity contribution in [2.45, 2.75) is 24.6 Å². The minimum Gasteiger partial charge on any atom is -0.507 e. The van der Waals surface area contributed by atoms with Crippen LogP contribution in [0, 0.1) is 5.82 Å². The number of ether oxygens (including phenoxy) is 2. The van der Waals surface area contributed by atoms with Crippen LogP contribution in [0.15, 0.2) is 30.9 Å². The molecule has 4 aliphatic heterocycles. The first-order chi connectivity index (χ1) is 17.4. The fourth-order valence-electron chi connectivity index (χ4n) is 5.56. The first-order valence-electron chi connectivity index (χ1n) is 11.8. The lowest BCUT2D eigenvalue weighted by molar-refractivity contribution is -0.128. The van der Waals surface area contributed by atoms with Crippen LogP contribution in [0.1, 0.15) is 16.8 Å². The number of phenols is 1. The van der Waals surface area contributed by atoms with Gasteiger partial charge >= 0.3 is 0 Å². The molecule has 2 bridgehead atoms. The molecule has 2 aromatic rings. The van der Waals surface area contributed by atoms with Crippen molar-refractivity contribution in [1.29, 1.82) is 0 Å². The van der Waals surface area contributed by atoms with Crippen LogP contribution in [0.2, 0.25) is 5.02 Å². The van der Waals surface area contributed by atoms with Crippen molar-refractivity contribution < 1.29 is 28.6 Å². The number of morpholine rings is 1. The fraction of sp³-hybridized carbons (Fsp3) is 0.400. The van der Waals surface area contributed by atoms with Crippen LogP contribution in [-0.4, -0.2) is 89.3 Å². The molecule has 11 heteroatoms. The quantitative estimate of drug-likeness (QED) is 0.629. The van der Waals surface area contributed by atoms with Crippen LogP contribution in [0.4, 0.5) is 10.2 Å². The monoisotopic (exact) mass is 514 g/mol. The van der Waals surface area contributed by atoms with Crippen LogP contribution in [0.25, 0.3) is 11.3 Å². The molecule has 1 aromatic heterocycles. The summed E-state index contributed by atoms with van der Waals surface area (Å²) in [6, 6.07) is 3.54. The molecule has 3 saturated heterocycles. The van der Waals surface area contributed by atoms with Gasteiger partial charge in [0.1, 0.15) is 40.3 Å². The highest BCUT2D eigenvalue weighted by molar-refractivity contribution is 6.35. The van der Waals surface area contributed by atoms with E-state index in [0.29, 0.717) is 32.1 Å². The zero-order chi connectivity index (χ0) is 25.1. The Kier molecular flexibility index (Phi) is 5.53. The zero-order valence-electron chi connectivity index (χ0n) is 19.3. The predicted molar refractivity (Wildman–Crippen MR) is 129 cm³/mol. The standard InChI is InChI=1S/C25H24ClFN4O5/c1-2-18(33)29-6-7-30-14(9-29)12-36-23-20(25(30)34)24(31-10-15-8-13(31)11-35-15)28-22(21(23)26)19-16(27)4-3-5-17(19)32/h2-5,13-15,32H,1,6-12H2/t13-,14+,15?/m0/s1. The number of benzene rings is 1. The maximum absolute atomic E-state index is 14.9. The number of nitrogens with zero attached hydrogens (tertiary/aromatic N) is 4. The third-order valence-corrected chi connectivity index (χ3v) is 7.69. The van der Waals surface area contributed by atoms with Gasteiger partial charge in [-0.3, -0.25) is 9.59 Å². The van der Waals surface area contributed by atoms with E-state index >= 15 is 0 Å².